The maximum Gasteiger partial charge on any atom is 0.117 e. The molecule has 3 nitrogen and oxygen atoms in total. The van der Waals surface area contributed by atoms with Gasteiger partial charge in [0.2, 0.25) is 0 Å². The van der Waals surface area contributed by atoms with Gasteiger partial charge in [-0.3, -0.25) is 0 Å². The van der Waals surface area contributed by atoms with Gasteiger partial charge in [0.05, 0.1) is 0 Å². The number of aromatic hydroxyl groups is 1. The number of rotatable bonds is 3. The van der Waals surface area contributed by atoms with Gasteiger partial charge in [-0.2, -0.15) is 0 Å². The summed E-state index contributed by atoms with van der Waals surface area (Å²) in [6.07, 6.45) is 0. The molecule has 2 rings (SSSR count). The Morgan fingerprint density at radius 2 is 1.94 bits per heavy atom. The van der Waals surface area contributed by atoms with Crippen molar-refractivity contribution in [2.75, 3.05) is 11.9 Å². The Kier molecular flexibility index (Phi) is 3.53. The molecule has 0 aliphatic rings. The third-order valence-corrected chi connectivity index (χ3v) is 3.04. The average Bonchev–Trinajstić information content (AvgIpc) is 2.38. The predicted molar refractivity (Wildman–Crippen MR) is 75.2 cm³/mol. The zero-order valence-corrected chi connectivity index (χ0v) is 10.7. The maximum absolute atomic E-state index is 9.54. The highest BCUT2D eigenvalue weighted by atomic mass is 16.3. The Labute approximate surface area is 107 Å². The first-order valence-electron chi connectivity index (χ1n) is 5.94. The van der Waals surface area contributed by atoms with E-state index >= 15 is 0 Å². The summed E-state index contributed by atoms with van der Waals surface area (Å²) < 4.78 is 0. The molecule has 0 heterocycles. The van der Waals surface area contributed by atoms with Crippen LogP contribution in [0.2, 0.25) is 0 Å². The number of anilines is 2. The molecule has 2 aromatic carbocycles. The Balaban J connectivity index is 2.44. The molecule has 18 heavy (non-hydrogen) atoms. The normalized spacial score (nSPS) is 10.4. The van der Waals surface area contributed by atoms with Gasteiger partial charge in [0.25, 0.3) is 0 Å². The second-order valence-electron chi connectivity index (χ2n) is 4.42. The third-order valence-electron chi connectivity index (χ3n) is 3.04. The average molecular weight is 242 g/mol. The molecule has 0 aliphatic heterocycles. The molecule has 0 atom stereocenters. The van der Waals surface area contributed by atoms with Crippen LogP contribution < -0.4 is 10.6 Å². The van der Waals surface area contributed by atoms with Crippen LogP contribution in [-0.4, -0.2) is 12.2 Å². The van der Waals surface area contributed by atoms with Crippen LogP contribution in [0.1, 0.15) is 11.1 Å². The number of nitrogens with two attached hydrogens (primary N) is 1. The fourth-order valence-electron chi connectivity index (χ4n) is 2.00. The summed E-state index contributed by atoms with van der Waals surface area (Å²) in [4.78, 5) is 2.04. The molecule has 0 saturated carbocycles. The zero-order valence-electron chi connectivity index (χ0n) is 10.7. The number of phenols is 1. The first kappa shape index (κ1) is 12.5. The van der Waals surface area contributed by atoms with E-state index < -0.39 is 0 Å². The largest absolute Gasteiger partial charge is 0.508 e. The SMILES string of the molecule is Cc1ccc(CN)c(N(C)c2cccc(O)c2)c1. The van der Waals surface area contributed by atoms with Crippen molar-refractivity contribution in [3.8, 4) is 5.75 Å². The number of benzene rings is 2. The minimum Gasteiger partial charge on any atom is -0.508 e. The molecule has 0 fully saturated rings. The maximum atomic E-state index is 9.54. The Morgan fingerprint density at radius 1 is 1.17 bits per heavy atom. The highest BCUT2D eigenvalue weighted by molar-refractivity contribution is 5.67. The van der Waals surface area contributed by atoms with Gasteiger partial charge >= 0.3 is 0 Å². The van der Waals surface area contributed by atoms with E-state index in [0.717, 1.165) is 16.9 Å². The van der Waals surface area contributed by atoms with Crippen molar-refractivity contribution in [2.24, 2.45) is 5.73 Å². The van der Waals surface area contributed by atoms with Gasteiger partial charge in [0.1, 0.15) is 5.75 Å². The Bertz CT molecular complexity index is 552. The second-order valence-corrected chi connectivity index (χ2v) is 4.42. The van der Waals surface area contributed by atoms with Crippen molar-refractivity contribution in [3.05, 3.63) is 53.6 Å². The van der Waals surface area contributed by atoms with E-state index in [2.05, 4.69) is 19.1 Å². The van der Waals surface area contributed by atoms with Crippen LogP contribution >= 0.6 is 0 Å². The van der Waals surface area contributed by atoms with E-state index in [-0.39, 0.29) is 5.75 Å². The van der Waals surface area contributed by atoms with Gasteiger partial charge < -0.3 is 15.7 Å². The monoisotopic (exact) mass is 242 g/mol. The minimum absolute atomic E-state index is 0.265. The molecule has 94 valence electrons. The van der Waals surface area contributed by atoms with Crippen molar-refractivity contribution in [1.29, 1.82) is 0 Å². The smallest absolute Gasteiger partial charge is 0.117 e. The Hall–Kier alpha value is -2.00. The van der Waals surface area contributed by atoms with Crippen LogP contribution in [0.4, 0.5) is 11.4 Å². The van der Waals surface area contributed by atoms with Gasteiger partial charge in [-0.05, 0) is 36.2 Å². The van der Waals surface area contributed by atoms with Crippen LogP contribution in [0, 0.1) is 6.92 Å². The molecule has 0 amide bonds. The van der Waals surface area contributed by atoms with Crippen LogP contribution in [0.3, 0.4) is 0 Å². The molecular weight excluding hydrogens is 224 g/mol. The highest BCUT2D eigenvalue weighted by Gasteiger charge is 2.09. The van der Waals surface area contributed by atoms with E-state index in [1.54, 1.807) is 12.1 Å². The molecular formula is C15H18N2O. The quantitative estimate of drug-likeness (QED) is 0.870. The number of aryl methyl sites for hydroxylation is 1. The molecule has 2 aromatic rings. The fourth-order valence-corrected chi connectivity index (χ4v) is 2.00. The molecule has 0 aromatic heterocycles. The molecule has 0 aliphatic carbocycles. The lowest BCUT2D eigenvalue weighted by molar-refractivity contribution is 0.475. The first-order chi connectivity index (χ1) is 8.61. The fraction of sp³-hybridized carbons (Fsp3) is 0.200. The van der Waals surface area contributed by atoms with E-state index in [0.29, 0.717) is 6.54 Å². The number of phenolic OH excluding ortho intramolecular Hbond substituents is 1. The number of nitrogens with zero attached hydrogens (tertiary/aromatic N) is 1. The van der Waals surface area contributed by atoms with Crippen molar-refractivity contribution in [1.82, 2.24) is 0 Å². The summed E-state index contributed by atoms with van der Waals surface area (Å²) in [6, 6.07) is 13.4. The zero-order chi connectivity index (χ0) is 13.1. The topological polar surface area (TPSA) is 49.5 Å². The van der Waals surface area contributed by atoms with Gasteiger partial charge in [-0.1, -0.05) is 18.2 Å². The van der Waals surface area contributed by atoms with Crippen molar-refractivity contribution in [3.63, 3.8) is 0 Å². The molecule has 3 heteroatoms. The lowest BCUT2D eigenvalue weighted by atomic mass is 10.1. The molecule has 0 bridgehead atoms. The van der Waals surface area contributed by atoms with E-state index in [1.807, 2.05) is 30.1 Å². The van der Waals surface area contributed by atoms with E-state index in [1.165, 1.54) is 5.56 Å². The van der Waals surface area contributed by atoms with Gasteiger partial charge in [0, 0.05) is 31.0 Å². The minimum atomic E-state index is 0.265. The van der Waals surface area contributed by atoms with Crippen LogP contribution in [0.15, 0.2) is 42.5 Å². The summed E-state index contributed by atoms with van der Waals surface area (Å²) in [5, 5.41) is 9.54. The van der Waals surface area contributed by atoms with Gasteiger partial charge in [0.15, 0.2) is 0 Å². The Morgan fingerprint density at radius 3 is 2.61 bits per heavy atom. The lowest BCUT2D eigenvalue weighted by Gasteiger charge is -2.23. The molecule has 0 saturated heterocycles. The first-order valence-corrected chi connectivity index (χ1v) is 5.94. The molecule has 0 unspecified atom stereocenters. The number of hydrogen-bond acceptors (Lipinski definition) is 3. The van der Waals surface area contributed by atoms with E-state index in [9.17, 15) is 5.11 Å². The third kappa shape index (κ3) is 2.46. The van der Waals surface area contributed by atoms with Crippen LogP contribution in [0.5, 0.6) is 5.75 Å². The summed E-state index contributed by atoms with van der Waals surface area (Å²) in [5.41, 5.74) is 10.1. The standard InChI is InChI=1S/C15H18N2O/c1-11-6-7-12(10-16)15(8-11)17(2)13-4-3-5-14(18)9-13/h3-9,18H,10,16H2,1-2H3. The predicted octanol–water partition coefficient (Wildman–Crippen LogP) is 2.93. The van der Waals surface area contributed by atoms with E-state index in [4.69, 9.17) is 5.73 Å². The summed E-state index contributed by atoms with van der Waals surface area (Å²) >= 11 is 0. The molecule has 3 N–H and O–H groups in total. The van der Waals surface area contributed by atoms with Gasteiger partial charge in [-0.25, -0.2) is 0 Å². The summed E-state index contributed by atoms with van der Waals surface area (Å²) in [7, 11) is 1.97. The van der Waals surface area contributed by atoms with Crippen molar-refractivity contribution < 1.29 is 5.11 Å². The lowest BCUT2D eigenvalue weighted by Crippen LogP contribution is -2.13. The van der Waals surface area contributed by atoms with Crippen LogP contribution in [-0.2, 0) is 6.54 Å². The van der Waals surface area contributed by atoms with Crippen molar-refractivity contribution in [2.45, 2.75) is 13.5 Å². The van der Waals surface area contributed by atoms with Crippen molar-refractivity contribution >= 4 is 11.4 Å². The highest BCUT2D eigenvalue weighted by Crippen LogP contribution is 2.29. The summed E-state index contributed by atoms with van der Waals surface area (Å²) in [5.74, 6) is 0.265. The summed E-state index contributed by atoms with van der Waals surface area (Å²) in [6.45, 7) is 2.55. The molecule has 0 radical (unpaired) electrons. The number of hydrogen-bond donors (Lipinski definition) is 2. The van der Waals surface area contributed by atoms with Gasteiger partial charge in [-0.15, -0.1) is 0 Å². The van der Waals surface area contributed by atoms with Crippen LogP contribution in [0.25, 0.3) is 0 Å². The second kappa shape index (κ2) is 5.10. The molecule has 0 spiro atoms.